The maximum atomic E-state index is 11.3. The summed E-state index contributed by atoms with van der Waals surface area (Å²) in [7, 11) is -2.20. The first kappa shape index (κ1) is 21.6. The van der Waals surface area contributed by atoms with Crippen molar-refractivity contribution in [2.45, 2.75) is 12.4 Å². The largest absolute Gasteiger partial charge is 0.741 e. The van der Waals surface area contributed by atoms with Gasteiger partial charge >= 0.3 is 5.51 Å². The van der Waals surface area contributed by atoms with Gasteiger partial charge in [0.15, 0.2) is 28.3 Å². The third-order valence-electron chi connectivity index (χ3n) is 3.26. The molecule has 0 spiro atoms. The number of carbonyl (C=O) groups is 1. The van der Waals surface area contributed by atoms with E-state index in [2.05, 4.69) is 0 Å². The molecule has 0 unspecified atom stereocenters. The van der Waals surface area contributed by atoms with E-state index in [1.807, 2.05) is 72.0 Å². The van der Waals surface area contributed by atoms with Crippen molar-refractivity contribution in [2.75, 3.05) is 0 Å². The van der Waals surface area contributed by atoms with Crippen molar-refractivity contribution in [2.24, 2.45) is 14.1 Å². The summed E-state index contributed by atoms with van der Waals surface area (Å²) in [4.78, 5) is 11.3. The number of hydrogen-bond donors (Lipinski definition) is 0. The van der Waals surface area contributed by atoms with Gasteiger partial charge < -0.3 is 9.12 Å². The summed E-state index contributed by atoms with van der Waals surface area (Å²) >= 11 is 0. The second-order valence-electron chi connectivity index (χ2n) is 5.29. The molecule has 0 saturated carbocycles. The molecule has 2 aromatic heterocycles. The lowest BCUT2D eigenvalue weighted by molar-refractivity contribution is -0.671. The van der Waals surface area contributed by atoms with Crippen LogP contribution in [0.25, 0.3) is 12.2 Å². The number of aryl methyl sites for hydroxylation is 1. The summed E-state index contributed by atoms with van der Waals surface area (Å²) in [5.74, 6) is 0.0869. The Balaban J connectivity index is 0.000000359. The molecule has 0 saturated heterocycles. The standard InChI is InChI=1S/C15H17N2O.CHF3O3S/c1-12(18)15-7-6-14(17(15)3)5-4-13-8-10-16(2)11-9-13;2-1(3,4)8(5,6)7/h4-11H,1-3H3;(H,5,6,7)/q+1;/p-1. The van der Waals surface area contributed by atoms with Crippen molar-refractivity contribution < 1.29 is 35.5 Å². The predicted octanol–water partition coefficient (Wildman–Crippen LogP) is 2.27. The Labute approximate surface area is 148 Å². The van der Waals surface area contributed by atoms with Crippen LogP contribution in [-0.4, -0.2) is 28.8 Å². The van der Waals surface area contributed by atoms with Gasteiger partial charge in [-0.05, 0) is 23.8 Å². The van der Waals surface area contributed by atoms with E-state index in [0.29, 0.717) is 0 Å². The fourth-order valence-electron chi connectivity index (χ4n) is 1.85. The highest BCUT2D eigenvalue weighted by atomic mass is 32.2. The van der Waals surface area contributed by atoms with Crippen LogP contribution in [0, 0.1) is 0 Å². The van der Waals surface area contributed by atoms with Crippen molar-refractivity contribution >= 4 is 28.1 Å². The van der Waals surface area contributed by atoms with Gasteiger partial charge in [0.1, 0.15) is 7.05 Å². The maximum absolute atomic E-state index is 11.3. The first-order chi connectivity index (χ1) is 11.8. The van der Waals surface area contributed by atoms with Crippen molar-refractivity contribution in [3.8, 4) is 0 Å². The van der Waals surface area contributed by atoms with Crippen LogP contribution in [0.4, 0.5) is 13.2 Å². The number of Topliss-reactive ketones (excluding diaryl/α,β-unsaturated/α-hetero) is 1. The van der Waals surface area contributed by atoms with Crippen LogP contribution < -0.4 is 4.57 Å². The van der Waals surface area contributed by atoms with E-state index in [4.69, 9.17) is 13.0 Å². The summed E-state index contributed by atoms with van der Waals surface area (Å²) in [5, 5.41) is 0. The number of aromatic nitrogens is 2. The summed E-state index contributed by atoms with van der Waals surface area (Å²) < 4.78 is 62.8. The Morgan fingerprint density at radius 3 is 2.04 bits per heavy atom. The number of hydrogen-bond acceptors (Lipinski definition) is 4. The molecule has 0 aliphatic heterocycles. The van der Waals surface area contributed by atoms with Crippen molar-refractivity contribution in [3.05, 3.63) is 53.6 Å². The maximum Gasteiger partial charge on any atom is 0.485 e. The lowest BCUT2D eigenvalue weighted by Gasteiger charge is -2.08. The van der Waals surface area contributed by atoms with Crippen molar-refractivity contribution in [3.63, 3.8) is 0 Å². The van der Waals surface area contributed by atoms with E-state index < -0.39 is 15.6 Å². The zero-order chi connectivity index (χ0) is 20.1. The molecule has 2 rings (SSSR count). The van der Waals surface area contributed by atoms with E-state index in [9.17, 15) is 18.0 Å². The molecule has 2 aromatic rings. The minimum atomic E-state index is -6.09. The molecule has 0 N–H and O–H groups in total. The number of ketones is 1. The minimum Gasteiger partial charge on any atom is -0.741 e. The van der Waals surface area contributed by atoms with Gasteiger partial charge in [0.25, 0.3) is 0 Å². The SMILES string of the molecule is CC(=O)c1ccc(/C=C/c2cc[n+](C)cc2)n1C.O=S(=O)([O-])C(F)(F)F. The fourth-order valence-corrected chi connectivity index (χ4v) is 1.85. The number of nitrogens with zero attached hydrogens (tertiary/aromatic N) is 2. The molecule has 0 atom stereocenters. The van der Waals surface area contributed by atoms with Crippen LogP contribution in [-0.2, 0) is 24.2 Å². The average molecular weight is 390 g/mol. The predicted molar refractivity (Wildman–Crippen MR) is 87.7 cm³/mol. The van der Waals surface area contributed by atoms with Gasteiger partial charge in [-0.3, -0.25) is 4.79 Å². The number of alkyl halides is 3. The van der Waals surface area contributed by atoms with E-state index in [1.165, 1.54) is 0 Å². The number of carbonyl (C=O) groups excluding carboxylic acids is 1. The molecular weight excluding hydrogens is 373 g/mol. The molecule has 0 aromatic carbocycles. The second kappa shape index (κ2) is 8.28. The summed E-state index contributed by atoms with van der Waals surface area (Å²) in [5.41, 5.74) is -2.76. The highest BCUT2D eigenvalue weighted by Gasteiger charge is 2.36. The monoisotopic (exact) mass is 390 g/mol. The summed E-state index contributed by atoms with van der Waals surface area (Å²) in [6.07, 6.45) is 8.07. The molecule has 10 heteroatoms. The third kappa shape index (κ3) is 6.12. The second-order valence-corrected chi connectivity index (χ2v) is 6.66. The van der Waals surface area contributed by atoms with E-state index in [0.717, 1.165) is 17.0 Å². The van der Waals surface area contributed by atoms with Gasteiger partial charge in [0, 0.05) is 31.8 Å². The lowest BCUT2D eigenvalue weighted by atomic mass is 10.2. The van der Waals surface area contributed by atoms with Gasteiger partial charge in [-0.1, -0.05) is 6.08 Å². The molecule has 0 amide bonds. The topological polar surface area (TPSA) is 83.1 Å². The van der Waals surface area contributed by atoms with Gasteiger partial charge in [-0.2, -0.15) is 13.2 Å². The Bertz CT molecular complexity index is 899. The molecule has 6 nitrogen and oxygen atoms in total. The Morgan fingerprint density at radius 2 is 1.65 bits per heavy atom. The fraction of sp³-hybridized carbons (Fsp3) is 0.250. The lowest BCUT2D eigenvalue weighted by Crippen LogP contribution is -2.25. The van der Waals surface area contributed by atoms with E-state index in [-0.39, 0.29) is 5.78 Å². The smallest absolute Gasteiger partial charge is 0.485 e. The first-order valence-corrected chi connectivity index (χ1v) is 8.56. The minimum absolute atomic E-state index is 0.0869. The van der Waals surface area contributed by atoms with Crippen molar-refractivity contribution in [1.82, 2.24) is 4.57 Å². The Morgan fingerprint density at radius 1 is 1.15 bits per heavy atom. The quantitative estimate of drug-likeness (QED) is 0.348. The van der Waals surface area contributed by atoms with Crippen LogP contribution in [0.2, 0.25) is 0 Å². The van der Waals surface area contributed by atoms with Crippen molar-refractivity contribution in [1.29, 1.82) is 0 Å². The molecule has 2 heterocycles. The molecule has 0 fully saturated rings. The average Bonchev–Trinajstić information content (AvgIpc) is 2.86. The van der Waals surface area contributed by atoms with Crippen LogP contribution in [0.3, 0.4) is 0 Å². The highest BCUT2D eigenvalue weighted by Crippen LogP contribution is 2.20. The molecule has 0 aliphatic rings. The number of halogens is 3. The van der Waals surface area contributed by atoms with Gasteiger partial charge in [-0.25, -0.2) is 13.0 Å². The van der Waals surface area contributed by atoms with Gasteiger partial charge in [0.05, 0.1) is 5.69 Å². The first-order valence-electron chi connectivity index (χ1n) is 7.15. The molecule has 0 aliphatic carbocycles. The van der Waals surface area contributed by atoms with Crippen LogP contribution in [0.5, 0.6) is 0 Å². The number of pyridine rings is 1. The highest BCUT2D eigenvalue weighted by molar-refractivity contribution is 7.86. The molecule has 0 bridgehead atoms. The molecule has 26 heavy (non-hydrogen) atoms. The Kier molecular flexibility index (Phi) is 6.87. The normalized spacial score (nSPS) is 12.0. The zero-order valence-electron chi connectivity index (χ0n) is 14.2. The van der Waals surface area contributed by atoms with E-state index >= 15 is 0 Å². The zero-order valence-corrected chi connectivity index (χ0v) is 15.0. The molecule has 0 radical (unpaired) electrons. The van der Waals surface area contributed by atoms with Crippen LogP contribution in [0.1, 0.15) is 28.7 Å². The van der Waals surface area contributed by atoms with Gasteiger partial charge in [-0.15, -0.1) is 0 Å². The Hall–Kier alpha value is -2.46. The summed E-state index contributed by atoms with van der Waals surface area (Å²) in [6, 6.07) is 7.90. The van der Waals surface area contributed by atoms with Crippen LogP contribution in [0.15, 0.2) is 36.7 Å². The summed E-state index contributed by atoms with van der Waals surface area (Å²) in [6.45, 7) is 1.58. The third-order valence-corrected chi connectivity index (χ3v) is 3.82. The van der Waals surface area contributed by atoms with Gasteiger partial charge in [0.2, 0.25) is 0 Å². The van der Waals surface area contributed by atoms with Crippen LogP contribution >= 0.6 is 0 Å². The molecule has 142 valence electrons. The number of rotatable bonds is 3. The van der Waals surface area contributed by atoms with E-state index in [1.54, 1.807) is 6.92 Å². The molecular formula is C16H17F3N2O4S.